The molecular formula is C24H29N5O2. The Balaban J connectivity index is 1.31. The fraction of sp³-hybridized carbons (Fsp3) is 0.333. The number of nitrogens with one attached hydrogen (secondary N) is 2. The molecule has 1 saturated heterocycles. The van der Waals surface area contributed by atoms with Gasteiger partial charge in [-0.2, -0.15) is 0 Å². The van der Waals surface area contributed by atoms with Gasteiger partial charge in [0.05, 0.1) is 25.5 Å². The molecule has 0 spiro atoms. The Kier molecular flexibility index (Phi) is 7.31. The van der Waals surface area contributed by atoms with Crippen molar-refractivity contribution in [2.75, 3.05) is 33.4 Å². The summed E-state index contributed by atoms with van der Waals surface area (Å²) in [6.07, 6.45) is 1.68. The first kappa shape index (κ1) is 21.1. The zero-order valence-corrected chi connectivity index (χ0v) is 17.9. The summed E-state index contributed by atoms with van der Waals surface area (Å²) < 4.78 is 11.1. The molecule has 2 N–H and O–H groups in total. The number of aromatic nitrogens is 1. The second-order valence-electron chi connectivity index (χ2n) is 7.45. The molecule has 31 heavy (non-hydrogen) atoms. The number of morpholine rings is 1. The van der Waals surface area contributed by atoms with Crippen molar-refractivity contribution in [1.29, 1.82) is 0 Å². The van der Waals surface area contributed by atoms with E-state index in [9.17, 15) is 0 Å². The van der Waals surface area contributed by atoms with Crippen molar-refractivity contribution >= 4 is 5.96 Å². The van der Waals surface area contributed by atoms with Crippen LogP contribution in [0.2, 0.25) is 0 Å². The van der Waals surface area contributed by atoms with Crippen molar-refractivity contribution in [2.45, 2.75) is 19.6 Å². The second kappa shape index (κ2) is 10.7. The van der Waals surface area contributed by atoms with Crippen LogP contribution in [-0.2, 0) is 24.4 Å². The highest BCUT2D eigenvalue weighted by Gasteiger charge is 2.13. The Morgan fingerprint density at radius 3 is 2.45 bits per heavy atom. The van der Waals surface area contributed by atoms with Crippen molar-refractivity contribution in [2.24, 2.45) is 4.99 Å². The van der Waals surface area contributed by atoms with E-state index in [4.69, 9.17) is 9.15 Å². The van der Waals surface area contributed by atoms with E-state index in [0.717, 1.165) is 50.1 Å². The molecule has 2 heterocycles. The molecule has 0 amide bonds. The summed E-state index contributed by atoms with van der Waals surface area (Å²) in [5.74, 6) is 1.35. The number of oxazole rings is 1. The lowest BCUT2D eigenvalue weighted by Gasteiger charge is -2.27. The molecule has 7 heteroatoms. The third-order valence-corrected chi connectivity index (χ3v) is 5.30. The summed E-state index contributed by atoms with van der Waals surface area (Å²) in [6, 6.07) is 18.4. The van der Waals surface area contributed by atoms with Crippen LogP contribution >= 0.6 is 0 Å². The van der Waals surface area contributed by atoms with Gasteiger partial charge in [-0.05, 0) is 23.3 Å². The molecule has 0 radical (unpaired) electrons. The van der Waals surface area contributed by atoms with Crippen LogP contribution < -0.4 is 10.6 Å². The van der Waals surface area contributed by atoms with Gasteiger partial charge in [-0.3, -0.25) is 9.89 Å². The van der Waals surface area contributed by atoms with Gasteiger partial charge in [-0.1, -0.05) is 42.5 Å². The first-order chi connectivity index (χ1) is 15.3. The Bertz CT molecular complexity index is 980. The number of nitrogens with zero attached hydrogens (tertiary/aromatic N) is 3. The highest BCUT2D eigenvalue weighted by molar-refractivity contribution is 5.79. The average molecular weight is 420 g/mol. The van der Waals surface area contributed by atoms with Crippen LogP contribution in [0.1, 0.15) is 16.8 Å². The minimum atomic E-state index is 0.533. The maximum absolute atomic E-state index is 5.61. The third-order valence-electron chi connectivity index (χ3n) is 5.30. The summed E-state index contributed by atoms with van der Waals surface area (Å²) in [7, 11) is 1.77. The van der Waals surface area contributed by atoms with Crippen molar-refractivity contribution in [3.63, 3.8) is 0 Å². The summed E-state index contributed by atoms with van der Waals surface area (Å²) in [5, 5.41) is 6.72. The van der Waals surface area contributed by atoms with Crippen molar-refractivity contribution in [3.05, 3.63) is 77.7 Å². The second-order valence-corrected chi connectivity index (χ2v) is 7.45. The molecule has 0 aliphatic carbocycles. The fourth-order valence-electron chi connectivity index (χ4n) is 3.56. The normalized spacial score (nSPS) is 15.1. The molecule has 162 valence electrons. The van der Waals surface area contributed by atoms with E-state index < -0.39 is 0 Å². The van der Waals surface area contributed by atoms with Gasteiger partial charge in [0, 0.05) is 38.8 Å². The summed E-state index contributed by atoms with van der Waals surface area (Å²) >= 11 is 0. The van der Waals surface area contributed by atoms with Crippen LogP contribution in [0.15, 0.2) is 70.3 Å². The predicted octanol–water partition coefficient (Wildman–Crippen LogP) is 3.04. The first-order valence-electron chi connectivity index (χ1n) is 10.6. The average Bonchev–Trinajstić information content (AvgIpc) is 3.30. The summed E-state index contributed by atoms with van der Waals surface area (Å²) in [4.78, 5) is 11.3. The van der Waals surface area contributed by atoms with Crippen LogP contribution in [0.3, 0.4) is 0 Å². The molecular weight excluding hydrogens is 390 g/mol. The van der Waals surface area contributed by atoms with Crippen LogP contribution in [0.25, 0.3) is 11.5 Å². The lowest BCUT2D eigenvalue weighted by atomic mass is 10.1. The number of guanidine groups is 1. The molecule has 1 aromatic heterocycles. The molecule has 4 rings (SSSR count). The van der Waals surface area contributed by atoms with Crippen LogP contribution in [0.4, 0.5) is 0 Å². The molecule has 3 aromatic rings. The molecule has 1 fully saturated rings. The van der Waals surface area contributed by atoms with Crippen LogP contribution in [-0.4, -0.2) is 49.2 Å². The van der Waals surface area contributed by atoms with Gasteiger partial charge in [-0.25, -0.2) is 4.98 Å². The summed E-state index contributed by atoms with van der Waals surface area (Å²) in [5.41, 5.74) is 4.39. The Hall–Kier alpha value is -3.16. The monoisotopic (exact) mass is 419 g/mol. The maximum atomic E-state index is 5.61. The number of benzene rings is 2. The van der Waals surface area contributed by atoms with Crippen molar-refractivity contribution < 1.29 is 9.15 Å². The lowest BCUT2D eigenvalue weighted by molar-refractivity contribution is 0.0341. The third kappa shape index (κ3) is 5.93. The van der Waals surface area contributed by atoms with Crippen molar-refractivity contribution in [3.8, 4) is 11.5 Å². The molecule has 1 aliphatic rings. The van der Waals surface area contributed by atoms with E-state index in [1.165, 1.54) is 11.1 Å². The number of rotatable bonds is 7. The number of ether oxygens (including phenoxy) is 1. The van der Waals surface area contributed by atoms with E-state index in [1.807, 2.05) is 30.3 Å². The Labute approximate surface area is 183 Å². The highest BCUT2D eigenvalue weighted by atomic mass is 16.5. The predicted molar refractivity (Wildman–Crippen MR) is 122 cm³/mol. The Morgan fingerprint density at radius 2 is 1.68 bits per heavy atom. The van der Waals surface area contributed by atoms with Gasteiger partial charge in [0.15, 0.2) is 5.96 Å². The van der Waals surface area contributed by atoms with E-state index in [0.29, 0.717) is 19.0 Å². The quantitative estimate of drug-likeness (QED) is 0.453. The van der Waals surface area contributed by atoms with Gasteiger partial charge in [0.2, 0.25) is 5.89 Å². The van der Waals surface area contributed by atoms with Crippen molar-refractivity contribution in [1.82, 2.24) is 20.5 Å². The van der Waals surface area contributed by atoms with Gasteiger partial charge in [-0.15, -0.1) is 0 Å². The van der Waals surface area contributed by atoms with Gasteiger partial charge < -0.3 is 19.8 Å². The largest absolute Gasteiger partial charge is 0.444 e. The molecule has 0 bridgehead atoms. The van der Waals surface area contributed by atoms with E-state index >= 15 is 0 Å². The van der Waals surface area contributed by atoms with E-state index in [1.54, 1.807) is 13.3 Å². The SMILES string of the molecule is CN=C(NCc1coc(-c2ccccc2)n1)NCc1ccccc1CN1CCOCC1. The number of aliphatic imine (C=N–C) groups is 1. The first-order valence-corrected chi connectivity index (χ1v) is 10.6. The van der Waals surface area contributed by atoms with Gasteiger partial charge in [0.25, 0.3) is 0 Å². The Morgan fingerprint density at radius 1 is 0.968 bits per heavy atom. The topological polar surface area (TPSA) is 74.9 Å². The maximum Gasteiger partial charge on any atom is 0.226 e. The van der Waals surface area contributed by atoms with Crippen LogP contribution in [0.5, 0.6) is 0 Å². The lowest BCUT2D eigenvalue weighted by Crippen LogP contribution is -2.37. The summed E-state index contributed by atoms with van der Waals surface area (Å²) in [6.45, 7) is 5.76. The standard InChI is InChI=1S/C24H29N5O2/c1-25-24(27-16-22-18-31-23(28-22)19-7-3-2-4-8-19)26-15-20-9-5-6-10-21(20)17-29-11-13-30-14-12-29/h2-10,18H,11-17H2,1H3,(H2,25,26,27). The van der Waals surface area contributed by atoms with E-state index in [2.05, 4.69) is 49.8 Å². The fourth-order valence-corrected chi connectivity index (χ4v) is 3.56. The molecule has 0 saturated carbocycles. The minimum Gasteiger partial charge on any atom is -0.444 e. The van der Waals surface area contributed by atoms with Gasteiger partial charge >= 0.3 is 0 Å². The highest BCUT2D eigenvalue weighted by Crippen LogP contribution is 2.18. The van der Waals surface area contributed by atoms with Gasteiger partial charge in [0.1, 0.15) is 6.26 Å². The van der Waals surface area contributed by atoms with E-state index in [-0.39, 0.29) is 0 Å². The van der Waals surface area contributed by atoms with Crippen LogP contribution in [0, 0.1) is 0 Å². The molecule has 7 nitrogen and oxygen atoms in total. The zero-order valence-electron chi connectivity index (χ0n) is 17.9. The molecule has 1 aliphatic heterocycles. The number of hydrogen-bond acceptors (Lipinski definition) is 5. The smallest absolute Gasteiger partial charge is 0.226 e. The minimum absolute atomic E-state index is 0.533. The molecule has 0 unspecified atom stereocenters. The molecule has 0 atom stereocenters. The molecule has 2 aromatic carbocycles. The zero-order chi connectivity index (χ0) is 21.3. The number of hydrogen-bond donors (Lipinski definition) is 2.